The molecule has 1 atom stereocenters. The smallest absolute Gasteiger partial charge is 0.238 e. The van der Waals surface area contributed by atoms with Crippen molar-refractivity contribution in [3.8, 4) is 17.0 Å². The molecule has 0 radical (unpaired) electrons. The number of benzene rings is 1. The Morgan fingerprint density at radius 1 is 1.31 bits per heavy atom. The molecule has 192 valence electrons. The van der Waals surface area contributed by atoms with Crippen molar-refractivity contribution in [1.82, 2.24) is 14.9 Å². The van der Waals surface area contributed by atoms with Gasteiger partial charge in [-0.15, -0.1) is 11.3 Å². The van der Waals surface area contributed by atoms with E-state index in [9.17, 15) is 13.2 Å². The summed E-state index contributed by atoms with van der Waals surface area (Å²) in [6.07, 6.45) is 4.27. The van der Waals surface area contributed by atoms with Crippen LogP contribution in [-0.4, -0.2) is 55.3 Å². The maximum atomic E-state index is 12.7. The van der Waals surface area contributed by atoms with Gasteiger partial charge in [0.2, 0.25) is 10.0 Å². The first-order valence-corrected chi connectivity index (χ1v) is 14.3. The van der Waals surface area contributed by atoms with Gasteiger partial charge in [0.05, 0.1) is 22.4 Å². The second-order valence-corrected chi connectivity index (χ2v) is 11.8. The molecule has 4 rings (SSSR count). The molecule has 1 fully saturated rings. The number of aromatic nitrogens is 2. The lowest BCUT2D eigenvalue weighted by Crippen LogP contribution is -2.33. The second-order valence-electron chi connectivity index (χ2n) is 9.36. The zero-order chi connectivity index (χ0) is 25.9. The number of sulfonamides is 1. The number of pyridine rings is 1. The lowest BCUT2D eigenvalue weighted by Gasteiger charge is -2.29. The van der Waals surface area contributed by atoms with Crippen LogP contribution in [0.1, 0.15) is 43.6 Å². The van der Waals surface area contributed by atoms with Crippen LogP contribution in [0.15, 0.2) is 46.8 Å². The maximum absolute atomic E-state index is 12.7. The van der Waals surface area contributed by atoms with Crippen LogP contribution in [0.2, 0.25) is 0 Å². The van der Waals surface area contributed by atoms with E-state index in [1.165, 1.54) is 23.5 Å². The number of primary sulfonamides is 1. The summed E-state index contributed by atoms with van der Waals surface area (Å²) in [6.45, 7) is 5.80. The van der Waals surface area contributed by atoms with E-state index in [4.69, 9.17) is 9.88 Å². The molecule has 36 heavy (non-hydrogen) atoms. The quantitative estimate of drug-likeness (QED) is 0.393. The molecule has 3 aromatic rings. The van der Waals surface area contributed by atoms with E-state index < -0.39 is 10.0 Å². The minimum atomic E-state index is -3.87. The average Bonchev–Trinajstić information content (AvgIpc) is 3.28. The molecule has 1 aliphatic heterocycles. The number of hydrogen-bond acceptors (Lipinski definition) is 9. The van der Waals surface area contributed by atoms with E-state index in [0.717, 1.165) is 31.5 Å². The number of hydrogen-bond donors (Lipinski definition) is 2. The highest BCUT2D eigenvalue weighted by Crippen LogP contribution is 2.33. The number of carbonyl (C=O) groups excluding carboxylic acids is 1. The Morgan fingerprint density at radius 3 is 2.78 bits per heavy atom. The number of piperidine rings is 1. The Morgan fingerprint density at radius 2 is 2.11 bits per heavy atom. The Balaban J connectivity index is 1.48. The maximum Gasteiger partial charge on any atom is 0.238 e. The van der Waals surface area contributed by atoms with Gasteiger partial charge in [0.1, 0.15) is 11.4 Å². The van der Waals surface area contributed by atoms with Crippen molar-refractivity contribution in [3.63, 3.8) is 0 Å². The van der Waals surface area contributed by atoms with Gasteiger partial charge in [0, 0.05) is 30.1 Å². The van der Waals surface area contributed by atoms with Gasteiger partial charge in [-0.25, -0.2) is 18.5 Å². The Hall–Kier alpha value is -2.86. The minimum Gasteiger partial charge on any atom is -0.489 e. The monoisotopic (exact) mass is 529 g/mol. The number of thiazole rings is 1. The number of nitrogens with zero attached hydrogens (tertiary/aromatic N) is 3. The summed E-state index contributed by atoms with van der Waals surface area (Å²) in [5.41, 5.74) is 2.39. The Labute approximate surface area is 215 Å². The van der Waals surface area contributed by atoms with E-state index >= 15 is 0 Å². The van der Waals surface area contributed by atoms with E-state index in [2.05, 4.69) is 27.2 Å². The minimum absolute atomic E-state index is 0.0257. The molecule has 0 saturated carbocycles. The molecule has 3 N–H and O–H groups in total. The lowest BCUT2D eigenvalue weighted by molar-refractivity contribution is 0.0925. The molecule has 0 spiro atoms. The van der Waals surface area contributed by atoms with E-state index in [1.54, 1.807) is 18.3 Å². The molecule has 3 heterocycles. The predicted octanol–water partition coefficient (Wildman–Crippen LogP) is 4.30. The van der Waals surface area contributed by atoms with E-state index in [-0.39, 0.29) is 16.8 Å². The van der Waals surface area contributed by atoms with Gasteiger partial charge in [-0.2, -0.15) is 0 Å². The second kappa shape index (κ2) is 11.0. The zero-order valence-electron chi connectivity index (χ0n) is 20.6. The van der Waals surface area contributed by atoms with Crippen LogP contribution < -0.4 is 15.2 Å². The summed E-state index contributed by atoms with van der Waals surface area (Å²) in [7, 11) is -1.78. The summed E-state index contributed by atoms with van der Waals surface area (Å²) in [6, 6.07) is 8.01. The third kappa shape index (κ3) is 6.67. The molecule has 1 unspecified atom stereocenters. The number of ether oxygens (including phenoxy) is 1. The standard InChI is InChI=1S/C25H31N5O4S2/c1-16(2)34-24-9-7-19(36(26,32)33)12-21(24)28-25-29-22(15-35-25)18-6-8-20(27-13-18)23(31)11-17-5-4-10-30(3)14-17/h6-9,12-13,15-17H,4-5,10-11,14H2,1-3H3,(H,28,29)(H2,26,32,33). The average molecular weight is 530 g/mol. The van der Waals surface area contributed by atoms with Crippen molar-refractivity contribution in [2.45, 2.75) is 44.1 Å². The van der Waals surface area contributed by atoms with Gasteiger partial charge in [-0.3, -0.25) is 9.78 Å². The number of nitrogens with one attached hydrogen (secondary N) is 1. The van der Waals surface area contributed by atoms with Crippen LogP contribution in [0.3, 0.4) is 0 Å². The highest BCUT2D eigenvalue weighted by atomic mass is 32.2. The zero-order valence-corrected chi connectivity index (χ0v) is 22.2. The number of nitrogens with two attached hydrogens (primary N) is 1. The summed E-state index contributed by atoms with van der Waals surface area (Å²) < 4.78 is 29.5. The van der Waals surface area contributed by atoms with Gasteiger partial charge in [-0.05, 0) is 76.5 Å². The van der Waals surface area contributed by atoms with E-state index in [0.29, 0.717) is 40.3 Å². The molecule has 1 aromatic carbocycles. The van der Waals surface area contributed by atoms with Gasteiger partial charge >= 0.3 is 0 Å². The van der Waals surface area contributed by atoms with Gasteiger partial charge in [-0.1, -0.05) is 0 Å². The lowest BCUT2D eigenvalue weighted by atomic mass is 9.92. The normalized spacial score (nSPS) is 16.8. The topological polar surface area (TPSA) is 128 Å². The van der Waals surface area contributed by atoms with Gasteiger partial charge < -0.3 is 15.0 Å². The van der Waals surface area contributed by atoms with Crippen molar-refractivity contribution < 1.29 is 17.9 Å². The van der Waals surface area contributed by atoms with Crippen molar-refractivity contribution in [3.05, 3.63) is 47.6 Å². The van der Waals surface area contributed by atoms with Crippen LogP contribution in [-0.2, 0) is 10.0 Å². The SMILES string of the molecule is CC(C)Oc1ccc(S(N)(=O)=O)cc1Nc1nc(-c2ccc(C(=O)CC3CCCN(C)C3)nc2)cs1. The van der Waals surface area contributed by atoms with Crippen molar-refractivity contribution in [2.75, 3.05) is 25.5 Å². The molecular formula is C25H31N5O4S2. The Kier molecular flexibility index (Phi) is 8.04. The fraction of sp³-hybridized carbons (Fsp3) is 0.400. The molecule has 11 heteroatoms. The molecule has 9 nitrogen and oxygen atoms in total. The fourth-order valence-corrected chi connectivity index (χ4v) is 5.51. The Bertz CT molecular complexity index is 1320. The highest BCUT2D eigenvalue weighted by Gasteiger charge is 2.21. The van der Waals surface area contributed by atoms with Crippen molar-refractivity contribution in [2.24, 2.45) is 11.1 Å². The highest BCUT2D eigenvalue weighted by molar-refractivity contribution is 7.89. The summed E-state index contributed by atoms with van der Waals surface area (Å²) in [5.74, 6) is 0.931. The van der Waals surface area contributed by atoms with Crippen molar-refractivity contribution in [1.29, 1.82) is 0 Å². The third-order valence-corrected chi connectivity index (χ3v) is 7.60. The summed E-state index contributed by atoms with van der Waals surface area (Å²) in [4.78, 5) is 24.0. The number of carbonyl (C=O) groups is 1. The first kappa shape index (κ1) is 26.2. The third-order valence-electron chi connectivity index (χ3n) is 5.93. The molecule has 0 amide bonds. The number of anilines is 2. The van der Waals surface area contributed by atoms with Crippen LogP contribution in [0.5, 0.6) is 5.75 Å². The first-order valence-electron chi connectivity index (χ1n) is 11.8. The fourth-order valence-electron chi connectivity index (χ4n) is 4.24. The van der Waals surface area contributed by atoms with Gasteiger partial charge in [0.15, 0.2) is 10.9 Å². The molecule has 0 bridgehead atoms. The van der Waals surface area contributed by atoms with Crippen LogP contribution >= 0.6 is 11.3 Å². The number of likely N-dealkylation sites (tertiary alicyclic amines) is 1. The van der Waals surface area contributed by atoms with Gasteiger partial charge in [0.25, 0.3) is 0 Å². The first-order chi connectivity index (χ1) is 17.1. The molecule has 0 aliphatic carbocycles. The summed E-state index contributed by atoms with van der Waals surface area (Å²) >= 11 is 1.36. The molecule has 2 aromatic heterocycles. The summed E-state index contributed by atoms with van der Waals surface area (Å²) in [5, 5.41) is 10.9. The van der Waals surface area contributed by atoms with Crippen molar-refractivity contribution >= 4 is 38.0 Å². The van der Waals surface area contributed by atoms with Crippen LogP contribution in [0.25, 0.3) is 11.3 Å². The number of ketones is 1. The predicted molar refractivity (Wildman–Crippen MR) is 141 cm³/mol. The molecular weight excluding hydrogens is 498 g/mol. The molecule has 1 saturated heterocycles. The van der Waals surface area contributed by atoms with E-state index in [1.807, 2.05) is 25.3 Å². The number of Topliss-reactive ketones (excluding diaryl/α,β-unsaturated/α-hetero) is 1. The van der Waals surface area contributed by atoms with Crippen LogP contribution in [0.4, 0.5) is 10.8 Å². The largest absolute Gasteiger partial charge is 0.489 e. The van der Waals surface area contributed by atoms with Crippen LogP contribution in [0, 0.1) is 5.92 Å². The number of rotatable bonds is 9. The molecule has 1 aliphatic rings.